The van der Waals surface area contributed by atoms with Gasteiger partial charge in [0.2, 0.25) is 0 Å². The molecule has 1 unspecified atom stereocenters. The van der Waals surface area contributed by atoms with Gasteiger partial charge < -0.3 is 14.3 Å². The number of rotatable bonds is 7. The normalized spacial score (nSPS) is 11.9. The van der Waals surface area contributed by atoms with Crippen LogP contribution in [-0.4, -0.2) is 20.4 Å². The van der Waals surface area contributed by atoms with Crippen LogP contribution in [0.2, 0.25) is 0 Å². The van der Waals surface area contributed by atoms with E-state index in [9.17, 15) is 4.79 Å². The van der Waals surface area contributed by atoms with Gasteiger partial charge in [0.15, 0.2) is 5.76 Å². The van der Waals surface area contributed by atoms with Crippen molar-refractivity contribution in [1.82, 2.24) is 19.9 Å². The molecule has 6 aromatic rings. The number of furan rings is 1. The number of halogens is 1. The number of fused-ring (bicyclic) bond motifs is 1. The summed E-state index contributed by atoms with van der Waals surface area (Å²) in [6.45, 7) is 0. The predicted molar refractivity (Wildman–Crippen MR) is 156 cm³/mol. The van der Waals surface area contributed by atoms with Crippen LogP contribution in [0.3, 0.4) is 0 Å². The van der Waals surface area contributed by atoms with Crippen LogP contribution in [0.25, 0.3) is 33.4 Å². The molecule has 0 bridgehead atoms. The molecule has 0 fully saturated rings. The molecule has 3 aromatic carbocycles. The molecule has 0 radical (unpaired) electrons. The summed E-state index contributed by atoms with van der Waals surface area (Å²) in [5.74, 6) is 0.676. The molecule has 39 heavy (non-hydrogen) atoms. The highest BCUT2D eigenvalue weighted by Gasteiger charge is 2.24. The fourth-order valence-corrected chi connectivity index (χ4v) is 5.15. The summed E-state index contributed by atoms with van der Waals surface area (Å²) in [4.78, 5) is 22.6. The molecule has 3 heterocycles. The van der Waals surface area contributed by atoms with E-state index < -0.39 is 6.04 Å². The maximum atomic E-state index is 13.4. The van der Waals surface area contributed by atoms with Crippen molar-refractivity contribution in [2.45, 2.75) is 12.5 Å². The fourth-order valence-electron chi connectivity index (χ4n) is 4.77. The van der Waals surface area contributed by atoms with Gasteiger partial charge in [-0.3, -0.25) is 9.78 Å². The number of carbonyl (C=O) groups excluding carboxylic acids is 1. The van der Waals surface area contributed by atoms with Crippen molar-refractivity contribution in [3.8, 4) is 22.4 Å². The lowest BCUT2D eigenvalue weighted by molar-refractivity contribution is 0.0908. The van der Waals surface area contributed by atoms with E-state index in [0.717, 1.165) is 38.2 Å². The Morgan fingerprint density at radius 3 is 2.41 bits per heavy atom. The van der Waals surface area contributed by atoms with Crippen LogP contribution in [0.15, 0.2) is 118 Å². The average Bonchev–Trinajstić information content (AvgIpc) is 3.57. The molecular formula is C32H25BrN4O2. The first-order chi connectivity index (χ1) is 19.0. The third-order valence-electron chi connectivity index (χ3n) is 6.77. The van der Waals surface area contributed by atoms with Crippen molar-refractivity contribution in [3.63, 3.8) is 0 Å². The van der Waals surface area contributed by atoms with Crippen molar-refractivity contribution in [2.75, 3.05) is 0 Å². The quantitative estimate of drug-likeness (QED) is 0.215. The van der Waals surface area contributed by atoms with Crippen LogP contribution >= 0.6 is 15.9 Å². The number of carbonyl (C=O) groups is 1. The first-order valence-corrected chi connectivity index (χ1v) is 13.4. The number of hydrogen-bond acceptors (Lipinski definition) is 4. The lowest BCUT2D eigenvalue weighted by Gasteiger charge is -2.18. The molecule has 1 amide bonds. The molecule has 3 aromatic heterocycles. The van der Waals surface area contributed by atoms with Gasteiger partial charge in [-0.05, 0) is 53.1 Å². The number of hydrogen-bond donors (Lipinski definition) is 1. The molecule has 0 aliphatic rings. The van der Waals surface area contributed by atoms with Crippen molar-refractivity contribution in [2.24, 2.45) is 7.05 Å². The zero-order valence-electron chi connectivity index (χ0n) is 21.2. The number of amides is 1. The zero-order valence-corrected chi connectivity index (χ0v) is 22.8. The van der Waals surface area contributed by atoms with Gasteiger partial charge in [-0.1, -0.05) is 76.6 Å². The minimum atomic E-state index is -0.422. The summed E-state index contributed by atoms with van der Waals surface area (Å²) in [5, 5.41) is 4.00. The second-order valence-electron chi connectivity index (χ2n) is 9.35. The lowest BCUT2D eigenvalue weighted by atomic mass is 10.0. The average molecular weight is 577 g/mol. The van der Waals surface area contributed by atoms with Gasteiger partial charge in [-0.2, -0.15) is 0 Å². The van der Waals surface area contributed by atoms with Crippen molar-refractivity contribution in [1.29, 1.82) is 0 Å². The van der Waals surface area contributed by atoms with Crippen LogP contribution in [-0.2, 0) is 13.5 Å². The minimum Gasteiger partial charge on any atom is -0.451 e. The van der Waals surface area contributed by atoms with E-state index in [1.165, 1.54) is 5.56 Å². The number of benzene rings is 3. The SMILES string of the molecule is Cn1c(-c2ccc(-c3ccccc3)cc2)cnc1C(Cc1ccccn1)NC(=O)c1cc2cc(Br)ccc2o1. The third kappa shape index (κ3) is 5.26. The number of aromatic nitrogens is 3. The second kappa shape index (κ2) is 10.7. The molecule has 6 nitrogen and oxygen atoms in total. The lowest BCUT2D eigenvalue weighted by Crippen LogP contribution is -2.31. The number of imidazole rings is 1. The maximum Gasteiger partial charge on any atom is 0.287 e. The van der Waals surface area contributed by atoms with Crippen LogP contribution < -0.4 is 5.32 Å². The summed E-state index contributed by atoms with van der Waals surface area (Å²) in [6.07, 6.45) is 4.09. The Labute approximate surface area is 234 Å². The molecule has 0 saturated heterocycles. The summed E-state index contributed by atoms with van der Waals surface area (Å²) >= 11 is 3.47. The molecule has 0 saturated carbocycles. The summed E-state index contributed by atoms with van der Waals surface area (Å²) in [7, 11) is 1.97. The van der Waals surface area contributed by atoms with Crippen molar-refractivity contribution in [3.05, 3.63) is 131 Å². The van der Waals surface area contributed by atoms with E-state index >= 15 is 0 Å². The monoisotopic (exact) mass is 576 g/mol. The molecule has 0 aliphatic carbocycles. The molecule has 7 heteroatoms. The smallest absolute Gasteiger partial charge is 0.287 e. The van der Waals surface area contributed by atoms with E-state index in [-0.39, 0.29) is 11.7 Å². The van der Waals surface area contributed by atoms with Gasteiger partial charge in [-0.15, -0.1) is 0 Å². The van der Waals surface area contributed by atoms with Crippen LogP contribution in [0, 0.1) is 0 Å². The van der Waals surface area contributed by atoms with Gasteiger partial charge >= 0.3 is 0 Å². The highest BCUT2D eigenvalue weighted by Crippen LogP contribution is 2.28. The summed E-state index contributed by atoms with van der Waals surface area (Å²) in [5.41, 5.74) is 5.84. The maximum absolute atomic E-state index is 13.4. The number of nitrogens with zero attached hydrogens (tertiary/aromatic N) is 3. The fraction of sp³-hybridized carbons (Fsp3) is 0.0938. The van der Waals surface area contributed by atoms with Crippen LogP contribution in [0.1, 0.15) is 28.1 Å². The van der Waals surface area contributed by atoms with Gasteiger partial charge in [0.05, 0.1) is 17.9 Å². The number of nitrogens with one attached hydrogen (secondary N) is 1. The Morgan fingerprint density at radius 2 is 1.64 bits per heavy atom. The van der Waals surface area contributed by atoms with Crippen LogP contribution in [0.4, 0.5) is 0 Å². The van der Waals surface area contributed by atoms with Gasteiger partial charge in [0.25, 0.3) is 5.91 Å². The van der Waals surface area contributed by atoms with E-state index in [2.05, 4.69) is 62.6 Å². The van der Waals surface area contributed by atoms with E-state index in [1.54, 1.807) is 12.3 Å². The molecule has 192 valence electrons. The Balaban J connectivity index is 1.30. The number of pyridine rings is 1. The Hall–Kier alpha value is -4.49. The summed E-state index contributed by atoms with van der Waals surface area (Å²) < 4.78 is 8.80. The zero-order chi connectivity index (χ0) is 26.8. The molecular weight excluding hydrogens is 552 g/mol. The molecule has 1 N–H and O–H groups in total. The molecule has 0 aliphatic heterocycles. The minimum absolute atomic E-state index is 0.250. The van der Waals surface area contributed by atoms with Crippen molar-refractivity contribution >= 4 is 32.8 Å². The molecule has 1 atom stereocenters. The molecule has 6 rings (SSSR count). The Morgan fingerprint density at radius 1 is 0.897 bits per heavy atom. The van der Waals surface area contributed by atoms with E-state index in [1.807, 2.05) is 72.4 Å². The first kappa shape index (κ1) is 24.8. The van der Waals surface area contributed by atoms with Crippen molar-refractivity contribution < 1.29 is 9.21 Å². The summed E-state index contributed by atoms with van der Waals surface area (Å²) in [6, 6.07) is 31.5. The van der Waals surface area contributed by atoms with E-state index in [0.29, 0.717) is 12.0 Å². The van der Waals surface area contributed by atoms with E-state index in [4.69, 9.17) is 9.40 Å². The van der Waals surface area contributed by atoms with Crippen LogP contribution in [0.5, 0.6) is 0 Å². The second-order valence-corrected chi connectivity index (χ2v) is 10.3. The van der Waals surface area contributed by atoms with Gasteiger partial charge in [-0.25, -0.2) is 4.98 Å². The standard InChI is InChI=1S/C32H25BrN4O2/c1-37-28(23-12-10-22(11-13-23)21-7-3-2-4-8-21)20-35-31(37)27(19-26-9-5-6-16-34-26)36-32(38)30-18-24-17-25(33)14-15-29(24)39-30/h2-18,20,27H,19H2,1H3,(H,36,38). The topological polar surface area (TPSA) is 73.0 Å². The largest absolute Gasteiger partial charge is 0.451 e. The first-order valence-electron chi connectivity index (χ1n) is 12.6. The Kier molecular flexibility index (Phi) is 6.82. The predicted octanol–water partition coefficient (Wildman–Crippen LogP) is 7.37. The van der Waals surface area contributed by atoms with Gasteiger partial charge in [0.1, 0.15) is 11.4 Å². The highest BCUT2D eigenvalue weighted by molar-refractivity contribution is 9.10. The van der Waals surface area contributed by atoms with Gasteiger partial charge in [0, 0.05) is 35.2 Å². The molecule has 0 spiro atoms. The Bertz CT molecular complexity index is 1740. The third-order valence-corrected chi connectivity index (χ3v) is 7.26. The highest BCUT2D eigenvalue weighted by atomic mass is 79.9.